The third-order valence-corrected chi connectivity index (χ3v) is 4.66. The summed E-state index contributed by atoms with van der Waals surface area (Å²) in [4.78, 5) is 45.0. The minimum atomic E-state index is -0.436. The maximum absolute atomic E-state index is 12.7. The van der Waals surface area contributed by atoms with Crippen LogP contribution in [0.2, 0.25) is 0 Å². The van der Waals surface area contributed by atoms with Crippen molar-refractivity contribution in [2.75, 3.05) is 20.6 Å². The van der Waals surface area contributed by atoms with Gasteiger partial charge in [-0.25, -0.2) is 4.98 Å². The molecule has 0 bridgehead atoms. The number of aryl methyl sites for hydroxylation is 1. The standard InChI is InChI=1S/C18H22N4O3/c1-12-6-4-7-13-16(12)19-11-21(17(13)24)10-15(23)22-9-5-8-14(22)18(25)20(2)3/h4,6-7,11,14H,5,8-10H2,1-3H3. The van der Waals surface area contributed by atoms with Gasteiger partial charge in [-0.1, -0.05) is 12.1 Å². The Balaban J connectivity index is 1.86. The Kier molecular flexibility index (Phi) is 4.57. The minimum Gasteiger partial charge on any atom is -0.347 e. The van der Waals surface area contributed by atoms with Crippen molar-refractivity contribution in [1.82, 2.24) is 19.4 Å². The van der Waals surface area contributed by atoms with Crippen LogP contribution in [-0.2, 0) is 16.1 Å². The predicted octanol–water partition coefficient (Wildman–Crippen LogP) is 0.784. The maximum atomic E-state index is 12.7. The molecule has 1 atom stereocenters. The van der Waals surface area contributed by atoms with Gasteiger partial charge in [0.1, 0.15) is 12.6 Å². The molecule has 7 nitrogen and oxygen atoms in total. The third kappa shape index (κ3) is 3.14. The summed E-state index contributed by atoms with van der Waals surface area (Å²) in [6, 6.07) is 4.98. The van der Waals surface area contributed by atoms with Crippen molar-refractivity contribution in [2.24, 2.45) is 0 Å². The normalized spacial score (nSPS) is 17.1. The van der Waals surface area contributed by atoms with Gasteiger partial charge in [-0.3, -0.25) is 19.0 Å². The van der Waals surface area contributed by atoms with E-state index < -0.39 is 6.04 Å². The third-order valence-electron chi connectivity index (χ3n) is 4.66. The van der Waals surface area contributed by atoms with Crippen molar-refractivity contribution in [3.05, 3.63) is 40.4 Å². The lowest BCUT2D eigenvalue weighted by Crippen LogP contribution is -2.47. The highest BCUT2D eigenvalue weighted by Crippen LogP contribution is 2.19. The molecule has 1 saturated heterocycles. The van der Waals surface area contributed by atoms with E-state index in [0.29, 0.717) is 23.9 Å². The Labute approximate surface area is 145 Å². The van der Waals surface area contributed by atoms with E-state index in [-0.39, 0.29) is 23.9 Å². The van der Waals surface area contributed by atoms with Gasteiger partial charge in [0.15, 0.2) is 0 Å². The number of aromatic nitrogens is 2. The number of benzene rings is 1. The molecule has 0 N–H and O–H groups in total. The highest BCUT2D eigenvalue weighted by atomic mass is 16.2. The fraction of sp³-hybridized carbons (Fsp3) is 0.444. The van der Waals surface area contributed by atoms with Crippen LogP contribution in [0.15, 0.2) is 29.3 Å². The van der Waals surface area contributed by atoms with Crippen LogP contribution in [0.3, 0.4) is 0 Å². The quantitative estimate of drug-likeness (QED) is 0.826. The van der Waals surface area contributed by atoms with Gasteiger partial charge in [-0.2, -0.15) is 0 Å². The van der Waals surface area contributed by atoms with Crippen LogP contribution in [0.25, 0.3) is 10.9 Å². The van der Waals surface area contributed by atoms with E-state index in [4.69, 9.17) is 0 Å². The Morgan fingerprint density at radius 1 is 1.32 bits per heavy atom. The van der Waals surface area contributed by atoms with Crippen LogP contribution < -0.4 is 5.56 Å². The first-order chi connectivity index (χ1) is 11.9. The molecule has 1 aromatic carbocycles. The van der Waals surface area contributed by atoms with Crippen LogP contribution in [0, 0.1) is 6.92 Å². The van der Waals surface area contributed by atoms with Gasteiger partial charge in [-0.05, 0) is 31.4 Å². The lowest BCUT2D eigenvalue weighted by Gasteiger charge is -2.26. The zero-order valence-corrected chi connectivity index (χ0v) is 14.7. The van der Waals surface area contributed by atoms with Crippen LogP contribution >= 0.6 is 0 Å². The van der Waals surface area contributed by atoms with Gasteiger partial charge < -0.3 is 9.80 Å². The summed E-state index contributed by atoms with van der Waals surface area (Å²) < 4.78 is 1.32. The number of nitrogens with zero attached hydrogens (tertiary/aromatic N) is 4. The molecular formula is C18H22N4O3. The first-order valence-corrected chi connectivity index (χ1v) is 8.35. The Morgan fingerprint density at radius 3 is 2.80 bits per heavy atom. The molecule has 2 heterocycles. The molecule has 0 spiro atoms. The van der Waals surface area contributed by atoms with E-state index in [0.717, 1.165) is 12.0 Å². The van der Waals surface area contributed by atoms with E-state index in [9.17, 15) is 14.4 Å². The van der Waals surface area contributed by atoms with Crippen molar-refractivity contribution in [3.8, 4) is 0 Å². The number of hydrogen-bond donors (Lipinski definition) is 0. The highest BCUT2D eigenvalue weighted by Gasteiger charge is 2.34. The van der Waals surface area contributed by atoms with Crippen molar-refractivity contribution in [2.45, 2.75) is 32.4 Å². The summed E-state index contributed by atoms with van der Waals surface area (Å²) in [5, 5.41) is 0.498. The molecule has 132 valence electrons. The SMILES string of the molecule is Cc1cccc2c(=O)n(CC(=O)N3CCCC3C(=O)N(C)C)cnc12. The van der Waals surface area contributed by atoms with Crippen molar-refractivity contribution < 1.29 is 9.59 Å². The van der Waals surface area contributed by atoms with E-state index in [1.54, 1.807) is 31.1 Å². The zero-order valence-electron chi connectivity index (χ0n) is 14.7. The first kappa shape index (κ1) is 17.1. The predicted molar refractivity (Wildman–Crippen MR) is 94.2 cm³/mol. The zero-order chi connectivity index (χ0) is 18.1. The van der Waals surface area contributed by atoms with Gasteiger partial charge >= 0.3 is 0 Å². The fourth-order valence-corrected chi connectivity index (χ4v) is 3.31. The van der Waals surface area contributed by atoms with Gasteiger partial charge in [0.2, 0.25) is 11.8 Å². The van der Waals surface area contributed by atoms with E-state index in [1.165, 1.54) is 15.8 Å². The lowest BCUT2D eigenvalue weighted by atomic mass is 10.1. The second-order valence-corrected chi connectivity index (χ2v) is 6.63. The van der Waals surface area contributed by atoms with Crippen molar-refractivity contribution >= 4 is 22.7 Å². The molecule has 0 saturated carbocycles. The second kappa shape index (κ2) is 6.66. The van der Waals surface area contributed by atoms with Crippen molar-refractivity contribution in [3.63, 3.8) is 0 Å². The molecule has 25 heavy (non-hydrogen) atoms. The van der Waals surface area contributed by atoms with Crippen LogP contribution in [-0.4, -0.2) is 57.8 Å². The molecule has 1 aliphatic rings. The van der Waals surface area contributed by atoms with E-state index in [2.05, 4.69) is 4.98 Å². The van der Waals surface area contributed by atoms with Crippen LogP contribution in [0.5, 0.6) is 0 Å². The first-order valence-electron chi connectivity index (χ1n) is 8.35. The van der Waals surface area contributed by atoms with E-state index in [1.807, 2.05) is 13.0 Å². The topological polar surface area (TPSA) is 75.5 Å². The fourth-order valence-electron chi connectivity index (χ4n) is 3.31. The number of likely N-dealkylation sites (N-methyl/N-ethyl adjacent to an activating group) is 1. The Morgan fingerprint density at radius 2 is 2.08 bits per heavy atom. The van der Waals surface area contributed by atoms with E-state index >= 15 is 0 Å². The molecule has 0 aliphatic carbocycles. The monoisotopic (exact) mass is 342 g/mol. The number of fused-ring (bicyclic) bond motifs is 1. The molecular weight excluding hydrogens is 320 g/mol. The summed E-state index contributed by atoms with van der Waals surface area (Å²) in [7, 11) is 3.37. The molecule has 1 fully saturated rings. The number of hydrogen-bond acceptors (Lipinski definition) is 4. The van der Waals surface area contributed by atoms with Crippen molar-refractivity contribution in [1.29, 1.82) is 0 Å². The van der Waals surface area contributed by atoms with Crippen LogP contribution in [0.4, 0.5) is 0 Å². The second-order valence-electron chi connectivity index (χ2n) is 6.63. The van der Waals surface area contributed by atoms with Gasteiger partial charge in [0, 0.05) is 20.6 Å². The summed E-state index contributed by atoms with van der Waals surface area (Å²) in [6.45, 7) is 2.33. The number of para-hydroxylation sites is 1. The minimum absolute atomic E-state index is 0.0783. The summed E-state index contributed by atoms with van der Waals surface area (Å²) in [5.41, 5.74) is 1.33. The van der Waals surface area contributed by atoms with Gasteiger partial charge in [-0.15, -0.1) is 0 Å². The molecule has 2 aromatic rings. The Bertz CT molecular complexity index is 888. The average Bonchev–Trinajstić information content (AvgIpc) is 3.06. The molecule has 1 aromatic heterocycles. The summed E-state index contributed by atoms with van der Waals surface area (Å²) in [5.74, 6) is -0.306. The number of likely N-dealkylation sites (tertiary alicyclic amines) is 1. The highest BCUT2D eigenvalue weighted by molar-refractivity contribution is 5.88. The smallest absolute Gasteiger partial charge is 0.261 e. The maximum Gasteiger partial charge on any atom is 0.261 e. The molecule has 1 aliphatic heterocycles. The Hall–Kier alpha value is -2.70. The summed E-state index contributed by atoms with van der Waals surface area (Å²) in [6.07, 6.45) is 2.86. The molecule has 1 unspecified atom stereocenters. The average molecular weight is 342 g/mol. The molecule has 3 rings (SSSR count). The summed E-state index contributed by atoms with van der Waals surface area (Å²) >= 11 is 0. The van der Waals surface area contributed by atoms with Gasteiger partial charge in [0.05, 0.1) is 17.2 Å². The number of carbonyl (C=O) groups is 2. The van der Waals surface area contributed by atoms with Gasteiger partial charge in [0.25, 0.3) is 5.56 Å². The number of amides is 2. The molecule has 2 amide bonds. The molecule has 7 heteroatoms. The largest absolute Gasteiger partial charge is 0.347 e. The number of rotatable bonds is 3. The lowest BCUT2D eigenvalue weighted by molar-refractivity contribution is -0.142. The number of carbonyl (C=O) groups excluding carboxylic acids is 2. The van der Waals surface area contributed by atoms with Crippen LogP contribution in [0.1, 0.15) is 18.4 Å². The molecule has 0 radical (unpaired) electrons.